The molecule has 0 heterocycles. The second-order valence-electron chi connectivity index (χ2n) is 5.99. The summed E-state index contributed by atoms with van der Waals surface area (Å²) in [6.45, 7) is 5.84. The molecule has 0 spiro atoms. The maximum Gasteiger partial charge on any atom is 0.340 e. The Morgan fingerprint density at radius 1 is 1.05 bits per heavy atom. The van der Waals surface area contributed by atoms with Crippen molar-refractivity contribution in [3.63, 3.8) is 0 Å². The largest absolute Gasteiger partial charge is 0.487 e. The Hall–Kier alpha value is -2.49. The van der Waals surface area contributed by atoms with Gasteiger partial charge >= 0.3 is 5.97 Å². The molecule has 0 aliphatic heterocycles. The number of hydrogen-bond donors (Lipinski definition) is 1. The summed E-state index contributed by atoms with van der Waals surface area (Å²) in [5, 5.41) is 0. The van der Waals surface area contributed by atoms with Gasteiger partial charge < -0.3 is 15.2 Å². The van der Waals surface area contributed by atoms with E-state index in [0.717, 1.165) is 5.56 Å². The number of para-hydroxylation sites is 1. The van der Waals surface area contributed by atoms with E-state index < -0.39 is 11.6 Å². The number of hydrogen-bond acceptors (Lipinski definition) is 4. The van der Waals surface area contributed by atoms with Crippen LogP contribution in [-0.4, -0.2) is 11.6 Å². The fourth-order valence-electron chi connectivity index (χ4n) is 1.92. The molecule has 0 aliphatic rings. The average Bonchev–Trinajstić information content (AvgIpc) is 2.45. The highest BCUT2D eigenvalue weighted by atomic mass is 16.6. The van der Waals surface area contributed by atoms with Crippen molar-refractivity contribution < 1.29 is 14.3 Å². The van der Waals surface area contributed by atoms with Gasteiger partial charge in [-0.3, -0.25) is 0 Å². The molecule has 2 aromatic carbocycles. The van der Waals surface area contributed by atoms with Gasteiger partial charge in [-0.15, -0.1) is 0 Å². The molecule has 22 heavy (non-hydrogen) atoms. The molecule has 2 rings (SSSR count). The number of esters is 1. The predicted molar refractivity (Wildman–Crippen MR) is 86.8 cm³/mol. The van der Waals surface area contributed by atoms with E-state index in [0.29, 0.717) is 23.6 Å². The fraction of sp³-hybridized carbons (Fsp3) is 0.278. The van der Waals surface area contributed by atoms with Crippen LogP contribution in [0.3, 0.4) is 0 Å². The highest BCUT2D eigenvalue weighted by Crippen LogP contribution is 2.27. The minimum absolute atomic E-state index is 0.299. The zero-order valence-electron chi connectivity index (χ0n) is 13.1. The number of nitrogen functional groups attached to an aromatic ring is 1. The number of nitrogens with two attached hydrogens (primary N) is 1. The molecule has 0 radical (unpaired) electrons. The summed E-state index contributed by atoms with van der Waals surface area (Å²) >= 11 is 0. The summed E-state index contributed by atoms with van der Waals surface area (Å²) in [5.74, 6) is 0.0300. The van der Waals surface area contributed by atoms with E-state index in [1.807, 2.05) is 51.1 Å². The molecule has 4 heteroatoms. The average molecular weight is 299 g/mol. The van der Waals surface area contributed by atoms with E-state index >= 15 is 0 Å². The summed E-state index contributed by atoms with van der Waals surface area (Å²) in [5.41, 5.74) is 7.13. The monoisotopic (exact) mass is 299 g/mol. The number of carbonyl (C=O) groups is 1. The molecule has 0 amide bonds. The van der Waals surface area contributed by atoms with Crippen LogP contribution in [0, 0.1) is 0 Å². The first-order chi connectivity index (χ1) is 10.4. The molecular weight excluding hydrogens is 278 g/mol. The molecule has 0 unspecified atom stereocenters. The van der Waals surface area contributed by atoms with E-state index in [1.165, 1.54) is 0 Å². The van der Waals surface area contributed by atoms with Gasteiger partial charge in [0.15, 0.2) is 0 Å². The smallest absolute Gasteiger partial charge is 0.340 e. The van der Waals surface area contributed by atoms with Crippen molar-refractivity contribution in [2.45, 2.75) is 33.0 Å². The Morgan fingerprint density at radius 3 is 2.36 bits per heavy atom. The Bertz CT molecular complexity index is 645. The van der Waals surface area contributed by atoms with Crippen LogP contribution in [0.25, 0.3) is 0 Å². The highest BCUT2D eigenvalue weighted by Gasteiger charge is 2.21. The lowest BCUT2D eigenvalue weighted by Gasteiger charge is -2.20. The molecule has 116 valence electrons. The molecular formula is C18H21NO3. The van der Waals surface area contributed by atoms with Crippen LogP contribution in [0.5, 0.6) is 5.75 Å². The first-order valence-corrected chi connectivity index (χ1v) is 7.15. The lowest BCUT2D eigenvalue weighted by atomic mass is 10.1. The third-order valence-corrected chi connectivity index (χ3v) is 2.92. The zero-order chi connectivity index (χ0) is 16.2. The van der Waals surface area contributed by atoms with Crippen LogP contribution in [0.4, 0.5) is 5.69 Å². The molecule has 0 aromatic heterocycles. The predicted octanol–water partition coefficient (Wildman–Crippen LogP) is 3.80. The molecule has 4 nitrogen and oxygen atoms in total. The van der Waals surface area contributed by atoms with Crippen LogP contribution in [0.1, 0.15) is 36.7 Å². The molecule has 0 bridgehead atoms. The number of anilines is 1. The highest BCUT2D eigenvalue weighted by molar-refractivity contribution is 5.96. The van der Waals surface area contributed by atoms with Gasteiger partial charge in [-0.2, -0.15) is 0 Å². The first-order valence-electron chi connectivity index (χ1n) is 7.15. The Balaban J connectivity index is 2.14. The van der Waals surface area contributed by atoms with E-state index in [4.69, 9.17) is 15.2 Å². The molecule has 0 fully saturated rings. The number of rotatable bonds is 4. The minimum atomic E-state index is -0.565. The maximum absolute atomic E-state index is 12.1. The molecule has 0 atom stereocenters. The van der Waals surface area contributed by atoms with Gasteiger partial charge in [0.25, 0.3) is 0 Å². The number of carbonyl (C=O) groups excluding carboxylic acids is 1. The van der Waals surface area contributed by atoms with Crippen molar-refractivity contribution in [2.75, 3.05) is 5.73 Å². The summed E-state index contributed by atoms with van der Waals surface area (Å²) in [6.07, 6.45) is 0. The third-order valence-electron chi connectivity index (χ3n) is 2.92. The quantitative estimate of drug-likeness (QED) is 0.689. The van der Waals surface area contributed by atoms with Crippen LogP contribution >= 0.6 is 0 Å². The molecule has 0 aliphatic carbocycles. The molecule has 0 saturated heterocycles. The van der Waals surface area contributed by atoms with Crippen LogP contribution in [-0.2, 0) is 11.3 Å². The summed E-state index contributed by atoms with van der Waals surface area (Å²) in [4.78, 5) is 12.1. The summed E-state index contributed by atoms with van der Waals surface area (Å²) < 4.78 is 11.1. The molecule has 2 N–H and O–H groups in total. The van der Waals surface area contributed by atoms with Crippen molar-refractivity contribution in [3.05, 3.63) is 59.7 Å². The van der Waals surface area contributed by atoms with Crippen molar-refractivity contribution in [1.82, 2.24) is 0 Å². The third kappa shape index (κ3) is 4.25. The van der Waals surface area contributed by atoms with E-state index in [1.54, 1.807) is 18.2 Å². The summed E-state index contributed by atoms with van der Waals surface area (Å²) in [6, 6.07) is 14.9. The second kappa shape index (κ2) is 6.52. The zero-order valence-corrected chi connectivity index (χ0v) is 13.1. The second-order valence-corrected chi connectivity index (χ2v) is 5.99. The first kappa shape index (κ1) is 15.9. The molecule has 2 aromatic rings. The van der Waals surface area contributed by atoms with Crippen molar-refractivity contribution in [1.29, 1.82) is 0 Å². The van der Waals surface area contributed by atoms with Crippen molar-refractivity contribution >= 4 is 11.7 Å². The van der Waals surface area contributed by atoms with Gasteiger partial charge in [-0.05, 0) is 38.5 Å². The maximum atomic E-state index is 12.1. The van der Waals surface area contributed by atoms with E-state index in [-0.39, 0.29) is 0 Å². The lowest BCUT2D eigenvalue weighted by Crippen LogP contribution is -2.24. The number of benzene rings is 2. The van der Waals surface area contributed by atoms with E-state index in [2.05, 4.69) is 0 Å². The Kier molecular flexibility index (Phi) is 4.71. The fourth-order valence-corrected chi connectivity index (χ4v) is 1.92. The van der Waals surface area contributed by atoms with E-state index in [9.17, 15) is 4.79 Å². The normalized spacial score (nSPS) is 11.0. The Morgan fingerprint density at radius 2 is 1.73 bits per heavy atom. The van der Waals surface area contributed by atoms with Crippen molar-refractivity contribution in [3.8, 4) is 5.75 Å². The van der Waals surface area contributed by atoms with Crippen LogP contribution in [0.15, 0.2) is 48.5 Å². The van der Waals surface area contributed by atoms with Gasteiger partial charge in [0.1, 0.15) is 18.0 Å². The number of ether oxygens (including phenoxy) is 2. The van der Waals surface area contributed by atoms with Gasteiger partial charge in [0.05, 0.1) is 11.3 Å². The topological polar surface area (TPSA) is 61.5 Å². The SMILES string of the molecule is CC(C)(C)OC(=O)c1cccc(OCc2ccccc2)c1N. The van der Waals surface area contributed by atoms with Gasteiger partial charge in [-0.25, -0.2) is 4.79 Å². The lowest BCUT2D eigenvalue weighted by molar-refractivity contribution is 0.00704. The minimum Gasteiger partial charge on any atom is -0.487 e. The standard InChI is InChI=1S/C18H21NO3/c1-18(2,3)22-17(20)14-10-7-11-15(16(14)19)21-12-13-8-5-4-6-9-13/h4-11H,12,19H2,1-3H3. The van der Waals surface area contributed by atoms with Crippen LogP contribution < -0.4 is 10.5 Å². The van der Waals surface area contributed by atoms with Gasteiger partial charge in [-0.1, -0.05) is 36.4 Å². The molecule has 0 saturated carbocycles. The summed E-state index contributed by atoms with van der Waals surface area (Å²) in [7, 11) is 0. The van der Waals surface area contributed by atoms with Crippen molar-refractivity contribution in [2.24, 2.45) is 0 Å². The Labute approximate surface area is 130 Å². The van der Waals surface area contributed by atoms with Crippen LogP contribution in [0.2, 0.25) is 0 Å². The van der Waals surface area contributed by atoms with Gasteiger partial charge in [0.2, 0.25) is 0 Å². The van der Waals surface area contributed by atoms with Gasteiger partial charge in [0, 0.05) is 0 Å².